The van der Waals surface area contributed by atoms with Crippen molar-refractivity contribution in [2.45, 2.75) is 60.8 Å². The molecule has 1 aliphatic carbocycles. The van der Waals surface area contributed by atoms with E-state index < -0.39 is 0 Å². The molecule has 4 rings (SSSR count). The van der Waals surface area contributed by atoms with Crippen LogP contribution in [0.15, 0.2) is 58.6 Å². The van der Waals surface area contributed by atoms with Crippen LogP contribution in [0.5, 0.6) is 5.75 Å². The molecule has 3 aromatic rings. The Kier molecular flexibility index (Phi) is 5.33. The maximum atomic E-state index is 9.85. The molecule has 3 nitrogen and oxygen atoms in total. The molecule has 1 heterocycles. The lowest BCUT2D eigenvalue weighted by molar-refractivity contribution is 0.154. The molecule has 0 atom stereocenters. The number of aryl methyl sites for hydroxylation is 2. The fourth-order valence-corrected chi connectivity index (χ4v) is 5.72. The summed E-state index contributed by atoms with van der Waals surface area (Å²) in [6, 6.07) is 16.4. The molecule has 1 N–H and O–H groups in total. The molecule has 1 fully saturated rings. The number of allylic oxidation sites excluding steroid dienone is 1. The Morgan fingerprint density at radius 1 is 0.839 bits per heavy atom. The normalized spacial score (nSPS) is 17.5. The van der Waals surface area contributed by atoms with Crippen molar-refractivity contribution in [1.82, 2.24) is 5.16 Å². The molecule has 31 heavy (non-hydrogen) atoms. The van der Waals surface area contributed by atoms with Crippen LogP contribution in [0.3, 0.4) is 0 Å². The van der Waals surface area contributed by atoms with Gasteiger partial charge in [0.05, 0.1) is 5.69 Å². The minimum atomic E-state index is 0.260. The zero-order valence-corrected chi connectivity index (χ0v) is 19.5. The van der Waals surface area contributed by atoms with Crippen molar-refractivity contribution in [3.05, 3.63) is 76.7 Å². The second kappa shape index (κ2) is 7.71. The molecule has 0 radical (unpaired) electrons. The number of benzene rings is 2. The summed E-state index contributed by atoms with van der Waals surface area (Å²) in [5, 5.41) is 14.0. The fraction of sp³-hybridized carbons (Fsp3) is 0.393. The summed E-state index contributed by atoms with van der Waals surface area (Å²) in [6.07, 6.45) is 3.38. The average Bonchev–Trinajstić information content (AvgIpc) is 3.00. The van der Waals surface area contributed by atoms with Crippen molar-refractivity contribution in [3.8, 4) is 16.9 Å². The quantitative estimate of drug-likeness (QED) is 0.476. The van der Waals surface area contributed by atoms with Gasteiger partial charge in [0.1, 0.15) is 11.5 Å². The summed E-state index contributed by atoms with van der Waals surface area (Å²) in [5.74, 6) is 1.14. The number of aromatic nitrogens is 1. The molecule has 2 aromatic carbocycles. The average molecular weight is 416 g/mol. The van der Waals surface area contributed by atoms with Crippen molar-refractivity contribution < 1.29 is 9.63 Å². The molecular weight excluding hydrogens is 382 g/mol. The zero-order chi connectivity index (χ0) is 22.4. The number of rotatable bonds is 3. The second-order valence-corrected chi connectivity index (χ2v) is 10.7. The van der Waals surface area contributed by atoms with Gasteiger partial charge < -0.3 is 9.63 Å². The lowest BCUT2D eigenvalue weighted by Gasteiger charge is -2.43. The van der Waals surface area contributed by atoms with Gasteiger partial charge >= 0.3 is 0 Å². The molecule has 0 unspecified atom stereocenters. The summed E-state index contributed by atoms with van der Waals surface area (Å²) in [7, 11) is 0. The van der Waals surface area contributed by atoms with E-state index in [2.05, 4.69) is 57.1 Å². The predicted octanol–water partition coefficient (Wildman–Crippen LogP) is 7.70. The van der Waals surface area contributed by atoms with Crippen LogP contribution in [0.25, 0.3) is 16.7 Å². The maximum absolute atomic E-state index is 9.85. The lowest BCUT2D eigenvalue weighted by Crippen LogP contribution is -2.30. The zero-order valence-electron chi connectivity index (χ0n) is 19.5. The summed E-state index contributed by atoms with van der Waals surface area (Å²) < 4.78 is 5.37. The highest BCUT2D eigenvalue weighted by Gasteiger charge is 2.37. The molecule has 1 aromatic heterocycles. The molecule has 1 saturated carbocycles. The van der Waals surface area contributed by atoms with E-state index >= 15 is 0 Å². The first-order valence-electron chi connectivity index (χ1n) is 11.1. The minimum Gasteiger partial charge on any atom is -0.508 e. The Hall–Kier alpha value is -2.81. The summed E-state index contributed by atoms with van der Waals surface area (Å²) in [4.78, 5) is 0. The van der Waals surface area contributed by atoms with Gasteiger partial charge in [0.25, 0.3) is 0 Å². The largest absolute Gasteiger partial charge is 0.508 e. The highest BCUT2D eigenvalue weighted by Crippen LogP contribution is 2.51. The van der Waals surface area contributed by atoms with E-state index in [9.17, 15) is 5.11 Å². The summed E-state index contributed by atoms with van der Waals surface area (Å²) in [6.45, 7) is 13.5. The van der Waals surface area contributed by atoms with Crippen LogP contribution in [0.4, 0.5) is 0 Å². The Morgan fingerprint density at radius 3 is 1.84 bits per heavy atom. The molecule has 0 spiro atoms. The standard InChI is InChI=1S/C28H33NO2/c1-18-25(19(2)31-29-18)20-7-9-21(10-8-20)26(22-11-13-24(30)14-12-22)23-15-27(3,4)17-28(5,6)16-23/h7-14,30H,15-17H2,1-6H3. The number of aromatic hydroxyl groups is 1. The van der Waals surface area contributed by atoms with Crippen LogP contribution >= 0.6 is 0 Å². The van der Waals surface area contributed by atoms with Gasteiger partial charge in [-0.1, -0.05) is 74.8 Å². The van der Waals surface area contributed by atoms with Gasteiger partial charge in [0.15, 0.2) is 0 Å². The SMILES string of the molecule is Cc1noc(C)c1-c1ccc(C(=C2CC(C)(C)CC(C)(C)C2)c2ccc(O)cc2)cc1. The van der Waals surface area contributed by atoms with Crippen molar-refractivity contribution in [3.63, 3.8) is 0 Å². The Labute approximate surface area is 185 Å². The van der Waals surface area contributed by atoms with Gasteiger partial charge in [0, 0.05) is 5.56 Å². The highest BCUT2D eigenvalue weighted by molar-refractivity contribution is 5.84. The molecule has 3 heteroatoms. The van der Waals surface area contributed by atoms with E-state index in [1.54, 1.807) is 12.1 Å². The minimum absolute atomic E-state index is 0.260. The Bertz CT molecular complexity index is 1080. The first-order chi connectivity index (χ1) is 14.5. The van der Waals surface area contributed by atoms with Crippen LogP contribution in [0.2, 0.25) is 0 Å². The second-order valence-electron chi connectivity index (χ2n) is 10.7. The number of phenolic OH excluding ortho intramolecular Hbond substituents is 1. The molecule has 0 saturated heterocycles. The van der Waals surface area contributed by atoms with E-state index in [4.69, 9.17) is 4.52 Å². The Balaban J connectivity index is 1.85. The number of nitrogens with zero attached hydrogens (tertiary/aromatic N) is 1. The number of phenols is 1. The van der Waals surface area contributed by atoms with Gasteiger partial charge in [-0.15, -0.1) is 0 Å². The Morgan fingerprint density at radius 2 is 1.35 bits per heavy atom. The van der Waals surface area contributed by atoms with Crippen molar-refractivity contribution >= 4 is 5.57 Å². The third-order valence-electron chi connectivity index (χ3n) is 6.35. The first kappa shape index (κ1) is 21.4. The van der Waals surface area contributed by atoms with Crippen molar-refractivity contribution in [1.29, 1.82) is 0 Å². The van der Waals surface area contributed by atoms with Crippen molar-refractivity contribution in [2.75, 3.05) is 0 Å². The maximum Gasteiger partial charge on any atom is 0.141 e. The van der Waals surface area contributed by atoms with Gasteiger partial charge in [0.2, 0.25) is 0 Å². The van der Waals surface area contributed by atoms with Gasteiger partial charge in [-0.2, -0.15) is 0 Å². The van der Waals surface area contributed by atoms with E-state index in [-0.39, 0.29) is 10.8 Å². The van der Waals surface area contributed by atoms with Crippen LogP contribution in [0, 0.1) is 24.7 Å². The van der Waals surface area contributed by atoms with Crippen LogP contribution < -0.4 is 0 Å². The summed E-state index contributed by atoms with van der Waals surface area (Å²) in [5.41, 5.74) is 8.80. The van der Waals surface area contributed by atoms with E-state index in [0.29, 0.717) is 5.75 Å². The molecule has 0 amide bonds. The molecule has 0 aliphatic heterocycles. The van der Waals surface area contributed by atoms with Gasteiger partial charge in [-0.3, -0.25) is 0 Å². The van der Waals surface area contributed by atoms with E-state index in [1.807, 2.05) is 26.0 Å². The summed E-state index contributed by atoms with van der Waals surface area (Å²) >= 11 is 0. The van der Waals surface area contributed by atoms with Gasteiger partial charge in [-0.25, -0.2) is 0 Å². The third kappa shape index (κ3) is 4.46. The van der Waals surface area contributed by atoms with Crippen LogP contribution in [-0.4, -0.2) is 10.3 Å². The van der Waals surface area contributed by atoms with E-state index in [0.717, 1.165) is 41.0 Å². The van der Waals surface area contributed by atoms with Gasteiger partial charge in [-0.05, 0) is 78.3 Å². The molecular formula is C28H33NO2. The number of hydrogen-bond acceptors (Lipinski definition) is 3. The third-order valence-corrected chi connectivity index (χ3v) is 6.35. The molecule has 1 aliphatic rings. The first-order valence-corrected chi connectivity index (χ1v) is 11.1. The predicted molar refractivity (Wildman–Crippen MR) is 127 cm³/mol. The lowest BCUT2D eigenvalue weighted by atomic mass is 9.62. The number of hydrogen-bond donors (Lipinski definition) is 1. The highest BCUT2D eigenvalue weighted by atomic mass is 16.5. The fourth-order valence-electron chi connectivity index (χ4n) is 5.72. The molecule has 162 valence electrons. The van der Waals surface area contributed by atoms with E-state index in [1.165, 1.54) is 23.1 Å². The van der Waals surface area contributed by atoms with Crippen LogP contribution in [0.1, 0.15) is 69.5 Å². The topological polar surface area (TPSA) is 46.3 Å². The monoisotopic (exact) mass is 415 g/mol. The van der Waals surface area contributed by atoms with Crippen molar-refractivity contribution in [2.24, 2.45) is 10.8 Å². The molecule has 0 bridgehead atoms. The smallest absolute Gasteiger partial charge is 0.141 e. The van der Waals surface area contributed by atoms with Crippen LogP contribution in [-0.2, 0) is 0 Å².